The zero-order valence-corrected chi connectivity index (χ0v) is 14.7. The van der Waals surface area contributed by atoms with Gasteiger partial charge in [0.25, 0.3) is 0 Å². The molecule has 1 N–H and O–H groups in total. The van der Waals surface area contributed by atoms with Crippen LogP contribution in [0.3, 0.4) is 0 Å². The van der Waals surface area contributed by atoms with Crippen molar-refractivity contribution in [2.24, 2.45) is 5.16 Å². The smallest absolute Gasteiger partial charge is 0.220 e. The monoisotopic (exact) mass is 345 g/mol. The summed E-state index contributed by atoms with van der Waals surface area (Å²) in [5.74, 6) is 0.603. The molecule has 2 aromatic rings. The van der Waals surface area contributed by atoms with Crippen LogP contribution in [-0.4, -0.2) is 39.2 Å². The first-order valence-corrected chi connectivity index (χ1v) is 8.73. The van der Waals surface area contributed by atoms with Crippen LogP contribution in [0.4, 0.5) is 0 Å². The molecule has 1 aliphatic rings. The molecule has 0 bridgehead atoms. The molecular formula is C17H19N3O3S. The fraction of sp³-hybridized carbons (Fsp3) is 0.353. The summed E-state index contributed by atoms with van der Waals surface area (Å²) < 4.78 is 1.40. The first-order valence-electron chi connectivity index (χ1n) is 7.74. The van der Waals surface area contributed by atoms with E-state index in [0.717, 1.165) is 33.9 Å². The number of aromatic nitrogens is 2. The summed E-state index contributed by atoms with van der Waals surface area (Å²) >= 11 is 1.75. The van der Waals surface area contributed by atoms with E-state index in [9.17, 15) is 9.90 Å². The number of carbonyl (C=O) groups excluding carboxylic acids is 1. The van der Waals surface area contributed by atoms with Gasteiger partial charge in [-0.25, -0.2) is 4.68 Å². The van der Waals surface area contributed by atoms with Gasteiger partial charge in [0.2, 0.25) is 5.88 Å². The molecule has 6 nitrogen and oxygen atoms in total. The molecule has 0 fully saturated rings. The lowest BCUT2D eigenvalue weighted by atomic mass is 9.93. The van der Waals surface area contributed by atoms with Crippen LogP contribution in [0.1, 0.15) is 40.4 Å². The number of ketones is 1. The highest BCUT2D eigenvalue weighted by atomic mass is 32.2. The number of benzene rings is 1. The first-order chi connectivity index (χ1) is 11.6. The second kappa shape index (κ2) is 6.68. The van der Waals surface area contributed by atoms with Crippen LogP contribution in [0.25, 0.3) is 0 Å². The summed E-state index contributed by atoms with van der Waals surface area (Å²) in [6.45, 7) is 4.27. The normalized spacial score (nSPS) is 15.4. The lowest BCUT2D eigenvalue weighted by molar-refractivity contribution is 0.103. The lowest BCUT2D eigenvalue weighted by Gasteiger charge is -2.20. The van der Waals surface area contributed by atoms with Crippen molar-refractivity contribution in [3.63, 3.8) is 0 Å². The van der Waals surface area contributed by atoms with E-state index in [0.29, 0.717) is 12.1 Å². The Kier molecular flexibility index (Phi) is 4.62. The van der Waals surface area contributed by atoms with Crippen molar-refractivity contribution in [2.75, 3.05) is 12.9 Å². The number of thioether (sulfide) groups is 1. The van der Waals surface area contributed by atoms with Crippen molar-refractivity contribution < 1.29 is 14.7 Å². The van der Waals surface area contributed by atoms with Crippen LogP contribution in [-0.2, 0) is 11.4 Å². The van der Waals surface area contributed by atoms with Crippen molar-refractivity contribution in [3.05, 3.63) is 40.6 Å². The van der Waals surface area contributed by atoms with Crippen molar-refractivity contribution in [1.29, 1.82) is 0 Å². The molecular weight excluding hydrogens is 326 g/mol. The number of carbonyl (C=O) groups is 1. The second-order valence-corrected chi connectivity index (χ2v) is 6.59. The number of oxime groups is 1. The second-order valence-electron chi connectivity index (χ2n) is 5.46. The fourth-order valence-electron chi connectivity index (χ4n) is 2.91. The molecule has 126 valence electrons. The minimum atomic E-state index is -0.236. The molecule has 7 heteroatoms. The Morgan fingerprint density at radius 3 is 2.92 bits per heavy atom. The van der Waals surface area contributed by atoms with Gasteiger partial charge in [-0.2, -0.15) is 5.10 Å². The molecule has 0 saturated carbocycles. The van der Waals surface area contributed by atoms with Gasteiger partial charge in [0, 0.05) is 34.7 Å². The van der Waals surface area contributed by atoms with E-state index >= 15 is 0 Å². The number of nitrogens with zero attached hydrogens (tertiary/aromatic N) is 3. The molecule has 0 spiro atoms. The van der Waals surface area contributed by atoms with E-state index < -0.39 is 0 Å². The third-order valence-corrected chi connectivity index (χ3v) is 5.17. The predicted octanol–water partition coefficient (Wildman–Crippen LogP) is 2.99. The minimum Gasteiger partial charge on any atom is -0.493 e. The molecule has 0 amide bonds. The summed E-state index contributed by atoms with van der Waals surface area (Å²) in [7, 11) is 1.52. The first kappa shape index (κ1) is 16.6. The largest absolute Gasteiger partial charge is 0.493 e. The van der Waals surface area contributed by atoms with E-state index in [2.05, 4.69) is 10.3 Å². The van der Waals surface area contributed by atoms with Gasteiger partial charge >= 0.3 is 0 Å². The highest BCUT2D eigenvalue weighted by Crippen LogP contribution is 2.35. The third kappa shape index (κ3) is 2.69. The van der Waals surface area contributed by atoms with E-state index in [1.54, 1.807) is 11.8 Å². The summed E-state index contributed by atoms with van der Waals surface area (Å²) in [4.78, 5) is 18.9. The van der Waals surface area contributed by atoms with E-state index in [1.165, 1.54) is 18.0 Å². The van der Waals surface area contributed by atoms with Gasteiger partial charge in [-0.05, 0) is 31.5 Å². The summed E-state index contributed by atoms with van der Waals surface area (Å²) in [6, 6.07) is 3.74. The maximum atomic E-state index is 12.9. The van der Waals surface area contributed by atoms with Crippen LogP contribution in [0, 0.1) is 6.92 Å². The number of hydrogen-bond acceptors (Lipinski definition) is 6. The van der Waals surface area contributed by atoms with Crippen molar-refractivity contribution in [3.8, 4) is 5.88 Å². The van der Waals surface area contributed by atoms with Gasteiger partial charge < -0.3 is 9.94 Å². The predicted molar refractivity (Wildman–Crippen MR) is 93.1 cm³/mol. The van der Waals surface area contributed by atoms with Crippen LogP contribution >= 0.6 is 11.8 Å². The highest BCUT2D eigenvalue weighted by Gasteiger charge is 2.25. The van der Waals surface area contributed by atoms with Crippen LogP contribution < -0.4 is 0 Å². The average Bonchev–Trinajstić information content (AvgIpc) is 2.95. The number of aromatic hydroxyl groups is 1. The molecule has 1 aromatic carbocycles. The molecule has 2 heterocycles. The Balaban J connectivity index is 2.09. The zero-order chi connectivity index (χ0) is 17.3. The standard InChI is InChI=1S/C17H19N3O3S/c1-4-20-17(22)12(9-18-20)16(21)11-5-6-14-15(10(11)2)13(19-23-3)7-8-24-14/h5-6,9,22H,4,7-8H2,1-3H3/b19-13+. The molecule has 0 radical (unpaired) electrons. The van der Waals surface area contributed by atoms with Crippen LogP contribution in [0.2, 0.25) is 0 Å². The maximum absolute atomic E-state index is 12.9. The average molecular weight is 345 g/mol. The van der Waals surface area contributed by atoms with Gasteiger partial charge in [-0.15, -0.1) is 11.8 Å². The molecule has 1 aromatic heterocycles. The van der Waals surface area contributed by atoms with Crippen molar-refractivity contribution in [1.82, 2.24) is 9.78 Å². The number of hydrogen-bond donors (Lipinski definition) is 1. The summed E-state index contributed by atoms with van der Waals surface area (Å²) in [6.07, 6.45) is 2.21. The van der Waals surface area contributed by atoms with Crippen molar-refractivity contribution in [2.45, 2.75) is 31.7 Å². The Bertz CT molecular complexity index is 827. The van der Waals surface area contributed by atoms with E-state index in [4.69, 9.17) is 4.84 Å². The SMILES string of the molecule is CCn1ncc(C(=O)c2ccc3c(c2C)/C(=N/OC)CCS3)c1O. The third-order valence-electron chi connectivity index (χ3n) is 4.11. The van der Waals surface area contributed by atoms with Crippen LogP contribution in [0.15, 0.2) is 28.4 Å². The Hall–Kier alpha value is -2.28. The van der Waals surface area contributed by atoms with Crippen molar-refractivity contribution >= 4 is 23.3 Å². The molecule has 0 aliphatic carbocycles. The minimum absolute atomic E-state index is 0.0974. The highest BCUT2D eigenvalue weighted by molar-refractivity contribution is 7.99. The zero-order valence-electron chi connectivity index (χ0n) is 13.9. The molecule has 0 saturated heterocycles. The summed E-state index contributed by atoms with van der Waals surface area (Å²) in [5.41, 5.74) is 3.43. The number of aryl methyl sites for hydroxylation is 1. The van der Waals surface area contributed by atoms with Gasteiger partial charge in [0.1, 0.15) is 12.7 Å². The van der Waals surface area contributed by atoms with E-state index in [1.807, 2.05) is 26.0 Å². The Morgan fingerprint density at radius 1 is 1.46 bits per heavy atom. The lowest BCUT2D eigenvalue weighted by Crippen LogP contribution is -2.15. The van der Waals surface area contributed by atoms with Gasteiger partial charge in [0.05, 0.1) is 11.9 Å². The Morgan fingerprint density at radius 2 is 2.25 bits per heavy atom. The molecule has 0 atom stereocenters. The van der Waals surface area contributed by atoms with Gasteiger partial charge in [-0.3, -0.25) is 4.79 Å². The summed E-state index contributed by atoms with van der Waals surface area (Å²) in [5, 5.41) is 18.3. The molecule has 3 rings (SSSR count). The quantitative estimate of drug-likeness (QED) is 0.681. The molecule has 0 unspecified atom stereocenters. The van der Waals surface area contributed by atoms with E-state index in [-0.39, 0.29) is 17.2 Å². The van der Waals surface area contributed by atoms with Gasteiger partial charge in [0.15, 0.2) is 5.78 Å². The van der Waals surface area contributed by atoms with Gasteiger partial charge in [-0.1, -0.05) is 5.16 Å². The fourth-order valence-corrected chi connectivity index (χ4v) is 4.01. The molecule has 24 heavy (non-hydrogen) atoms. The number of rotatable bonds is 4. The van der Waals surface area contributed by atoms with Crippen LogP contribution in [0.5, 0.6) is 5.88 Å². The maximum Gasteiger partial charge on any atom is 0.220 e. The molecule has 1 aliphatic heterocycles. The topological polar surface area (TPSA) is 76.7 Å². The Labute approximate surface area is 144 Å². The number of fused-ring (bicyclic) bond motifs is 1.